The van der Waals surface area contributed by atoms with Gasteiger partial charge >= 0.3 is 24.5 Å². The number of hydrogen-bond donors (Lipinski definition) is 5. The Bertz CT molecular complexity index is 1580. The summed E-state index contributed by atoms with van der Waals surface area (Å²) in [7, 11) is 0. The lowest BCUT2D eigenvalue weighted by Crippen LogP contribution is -2.43. The third kappa shape index (κ3) is 6.92. The number of amides is 3. The lowest BCUT2D eigenvalue weighted by molar-refractivity contribution is -0.150. The Balaban J connectivity index is 1.39. The number of anilines is 3. The molecular formula is C24H19F6N7O4. The van der Waals surface area contributed by atoms with Crippen LogP contribution in [0.15, 0.2) is 48.8 Å². The number of aromatic carboxylic acids is 1. The van der Waals surface area contributed by atoms with Crippen molar-refractivity contribution in [2.24, 2.45) is 0 Å². The standard InChI is InChI=1S/C24H19F6N7O4/c25-23(26,27)12-4-6-13(7-5-12)33-22(41)36-20-19(21(39)40)34-17(35-20)2-1-3-18(38)37(24(28,29)30)14-8-9-15-16(10-14)32-11-31-15/h4-11H,1-3H2,(H,31,32)(H,34,35)(H,39,40)(H2,33,36,41). The first-order chi connectivity index (χ1) is 19.2. The molecule has 0 saturated heterocycles. The van der Waals surface area contributed by atoms with Crippen LogP contribution in [0.5, 0.6) is 0 Å². The number of urea groups is 1. The van der Waals surface area contributed by atoms with Crippen molar-refractivity contribution in [3.05, 3.63) is 65.9 Å². The van der Waals surface area contributed by atoms with Crippen molar-refractivity contribution in [2.75, 3.05) is 15.5 Å². The number of carbonyl (C=O) groups excluding carboxylic acids is 2. The first-order valence-electron chi connectivity index (χ1n) is 11.6. The molecule has 4 rings (SSSR count). The molecule has 4 aromatic rings. The average molecular weight is 583 g/mol. The Labute approximate surface area is 225 Å². The van der Waals surface area contributed by atoms with Crippen LogP contribution in [0.4, 0.5) is 48.3 Å². The second kappa shape index (κ2) is 11.2. The number of aromatic nitrogens is 4. The molecule has 2 aromatic heterocycles. The Morgan fingerprint density at radius 3 is 2.32 bits per heavy atom. The van der Waals surface area contributed by atoms with E-state index in [4.69, 9.17) is 0 Å². The van der Waals surface area contributed by atoms with Gasteiger partial charge in [0.1, 0.15) is 11.6 Å². The minimum atomic E-state index is -5.03. The molecule has 0 aliphatic rings. The highest BCUT2D eigenvalue weighted by Gasteiger charge is 2.42. The largest absolute Gasteiger partial charge is 0.491 e. The van der Waals surface area contributed by atoms with Gasteiger partial charge in [-0.3, -0.25) is 10.1 Å². The third-order valence-corrected chi connectivity index (χ3v) is 5.63. The number of H-pyrrole nitrogens is 2. The van der Waals surface area contributed by atoms with Crippen LogP contribution in [-0.2, 0) is 17.4 Å². The summed E-state index contributed by atoms with van der Waals surface area (Å²) >= 11 is 0. The fourth-order valence-electron chi connectivity index (χ4n) is 3.81. The summed E-state index contributed by atoms with van der Waals surface area (Å²) in [5, 5.41) is 13.8. The zero-order valence-electron chi connectivity index (χ0n) is 20.5. The number of halogens is 6. The van der Waals surface area contributed by atoms with E-state index in [9.17, 15) is 45.8 Å². The van der Waals surface area contributed by atoms with Crippen molar-refractivity contribution >= 4 is 46.1 Å². The highest BCUT2D eigenvalue weighted by atomic mass is 19.4. The molecule has 0 aliphatic carbocycles. The minimum absolute atomic E-state index is 0.0220. The second-order valence-electron chi connectivity index (χ2n) is 8.52. The van der Waals surface area contributed by atoms with Gasteiger partial charge in [-0.2, -0.15) is 13.2 Å². The molecule has 0 saturated carbocycles. The molecular weight excluding hydrogens is 564 g/mol. The van der Waals surface area contributed by atoms with E-state index in [2.05, 4.69) is 30.6 Å². The van der Waals surface area contributed by atoms with Gasteiger partial charge in [0.15, 0.2) is 5.69 Å². The topological polar surface area (TPSA) is 156 Å². The van der Waals surface area contributed by atoms with Crippen molar-refractivity contribution in [2.45, 2.75) is 31.7 Å². The number of fused-ring (bicyclic) bond motifs is 1. The van der Waals surface area contributed by atoms with Gasteiger partial charge in [0, 0.05) is 18.5 Å². The van der Waals surface area contributed by atoms with Gasteiger partial charge < -0.3 is 20.4 Å². The smallest absolute Gasteiger partial charge is 0.476 e. The molecule has 11 nitrogen and oxygen atoms in total. The summed E-state index contributed by atoms with van der Waals surface area (Å²) in [6, 6.07) is 6.03. The van der Waals surface area contributed by atoms with E-state index in [-0.39, 0.29) is 40.6 Å². The number of benzene rings is 2. The van der Waals surface area contributed by atoms with Gasteiger partial charge in [0.05, 0.1) is 28.6 Å². The first-order valence-corrected chi connectivity index (χ1v) is 11.6. The average Bonchev–Trinajstić information content (AvgIpc) is 3.49. The number of hydrogen-bond acceptors (Lipinski definition) is 5. The molecule has 0 aliphatic heterocycles. The highest BCUT2D eigenvalue weighted by Crippen LogP contribution is 2.32. The number of aryl methyl sites for hydroxylation is 1. The number of carboxylic acids is 1. The molecule has 2 heterocycles. The van der Waals surface area contributed by atoms with Crippen LogP contribution >= 0.6 is 0 Å². The Morgan fingerprint density at radius 2 is 1.68 bits per heavy atom. The molecule has 0 bridgehead atoms. The van der Waals surface area contributed by atoms with E-state index in [1.165, 1.54) is 12.4 Å². The van der Waals surface area contributed by atoms with Crippen molar-refractivity contribution in [3.8, 4) is 0 Å². The van der Waals surface area contributed by atoms with E-state index in [1.807, 2.05) is 0 Å². The quantitative estimate of drug-likeness (QED) is 0.136. The molecule has 0 radical (unpaired) electrons. The van der Waals surface area contributed by atoms with Crippen LogP contribution in [0.25, 0.3) is 11.0 Å². The zero-order valence-corrected chi connectivity index (χ0v) is 20.5. The van der Waals surface area contributed by atoms with Crippen LogP contribution in [0, 0.1) is 0 Å². The van der Waals surface area contributed by atoms with Crippen LogP contribution in [0.1, 0.15) is 34.7 Å². The van der Waals surface area contributed by atoms with Gasteiger partial charge in [-0.1, -0.05) is 0 Å². The van der Waals surface area contributed by atoms with Crippen molar-refractivity contribution < 1.29 is 45.8 Å². The summed E-state index contributed by atoms with van der Waals surface area (Å²) in [6.07, 6.45) is -9.21. The maximum absolute atomic E-state index is 13.7. The molecule has 0 fully saturated rings. The molecule has 3 amide bonds. The Hall–Kier alpha value is -5.09. The number of aromatic amines is 2. The maximum Gasteiger partial charge on any atom is 0.491 e. The molecule has 216 valence electrons. The van der Waals surface area contributed by atoms with Crippen molar-refractivity contribution in [1.29, 1.82) is 0 Å². The molecule has 5 N–H and O–H groups in total. The number of alkyl halides is 6. The summed E-state index contributed by atoms with van der Waals surface area (Å²) in [6.45, 7) is 0. The molecule has 2 aromatic carbocycles. The first kappa shape index (κ1) is 28.9. The van der Waals surface area contributed by atoms with Crippen LogP contribution in [0.2, 0.25) is 0 Å². The lowest BCUT2D eigenvalue weighted by Gasteiger charge is -2.25. The van der Waals surface area contributed by atoms with Crippen LogP contribution < -0.4 is 15.5 Å². The molecule has 0 atom stereocenters. The van der Waals surface area contributed by atoms with E-state index >= 15 is 0 Å². The van der Waals surface area contributed by atoms with Crippen molar-refractivity contribution in [1.82, 2.24) is 19.9 Å². The summed E-state index contributed by atoms with van der Waals surface area (Å²) in [4.78, 5) is 49.0. The number of imidazole rings is 2. The second-order valence-corrected chi connectivity index (χ2v) is 8.52. The van der Waals surface area contributed by atoms with Crippen LogP contribution in [0.3, 0.4) is 0 Å². The predicted molar refractivity (Wildman–Crippen MR) is 132 cm³/mol. The number of nitrogens with zero attached hydrogens (tertiary/aromatic N) is 3. The van der Waals surface area contributed by atoms with E-state index in [0.29, 0.717) is 5.52 Å². The van der Waals surface area contributed by atoms with E-state index < -0.39 is 53.7 Å². The Morgan fingerprint density at radius 1 is 0.976 bits per heavy atom. The monoisotopic (exact) mass is 583 g/mol. The number of nitrogens with one attached hydrogen (secondary N) is 4. The highest BCUT2D eigenvalue weighted by molar-refractivity contribution is 6.03. The van der Waals surface area contributed by atoms with E-state index in [1.54, 1.807) is 0 Å². The Kier molecular flexibility index (Phi) is 7.89. The number of carboxylic acid groups (broad SMARTS) is 1. The molecule has 0 spiro atoms. The summed E-state index contributed by atoms with van der Waals surface area (Å²) in [5.41, 5.74) is -1.31. The summed E-state index contributed by atoms with van der Waals surface area (Å²) in [5.74, 6) is -3.25. The SMILES string of the molecule is O=C(Nc1ccc(C(F)(F)F)cc1)Nc1[nH]c(CCCC(=O)N(c2ccc3[nH]cnc3c2)C(F)(F)F)nc1C(=O)O. The number of rotatable bonds is 8. The predicted octanol–water partition coefficient (Wildman–Crippen LogP) is 5.52. The fourth-order valence-corrected chi connectivity index (χ4v) is 3.81. The van der Waals surface area contributed by atoms with Crippen molar-refractivity contribution in [3.63, 3.8) is 0 Å². The van der Waals surface area contributed by atoms with Gasteiger partial charge in [0.2, 0.25) is 5.91 Å². The normalized spacial score (nSPS) is 11.9. The third-order valence-electron chi connectivity index (χ3n) is 5.63. The van der Waals surface area contributed by atoms with Gasteiger partial charge in [-0.15, -0.1) is 13.2 Å². The zero-order chi connectivity index (χ0) is 29.9. The molecule has 17 heteroatoms. The van der Waals surface area contributed by atoms with Gasteiger partial charge in [-0.05, 0) is 48.9 Å². The maximum atomic E-state index is 13.7. The molecule has 41 heavy (non-hydrogen) atoms. The lowest BCUT2D eigenvalue weighted by atomic mass is 10.2. The minimum Gasteiger partial charge on any atom is -0.476 e. The van der Waals surface area contributed by atoms with E-state index in [0.717, 1.165) is 36.4 Å². The van der Waals surface area contributed by atoms with Crippen LogP contribution in [-0.4, -0.2) is 49.3 Å². The summed E-state index contributed by atoms with van der Waals surface area (Å²) < 4.78 is 79.3. The van der Waals surface area contributed by atoms with Gasteiger partial charge in [-0.25, -0.2) is 24.5 Å². The molecule has 0 unspecified atom stereocenters. The number of carbonyl (C=O) groups is 3. The van der Waals surface area contributed by atoms with Gasteiger partial charge in [0.25, 0.3) is 0 Å². The fraction of sp³-hybridized carbons (Fsp3) is 0.208.